The van der Waals surface area contributed by atoms with E-state index in [0.717, 1.165) is 77.7 Å². The van der Waals surface area contributed by atoms with Gasteiger partial charge in [0.25, 0.3) is 0 Å². The first-order valence-corrected chi connectivity index (χ1v) is 17.7. The van der Waals surface area contributed by atoms with Gasteiger partial charge in [-0.15, -0.1) is 0 Å². The van der Waals surface area contributed by atoms with Crippen molar-refractivity contribution in [3.63, 3.8) is 0 Å². The smallest absolute Gasteiger partial charge is 0.609 e. The molecule has 0 aliphatic carbocycles. The van der Waals surface area contributed by atoms with E-state index >= 15 is 0 Å². The standard InChI is InChI=1S/C32H16N8.C7H8O.Al/c1-2-10-18-17(9-1)25-33-26(18)38-28-21-13-5-6-14-22(21)30(35-28)40-32-24-16-8-7-15-23(24)31(36-32)39-29-20-12-4-3-11-19(20)27(34-29)37-25;1-6-3-2-4-7(8)5-6;/h1-16H;2-5,8H,1H3;/q-2;;+3/p-1. The van der Waals surface area contributed by atoms with Crippen LogP contribution in [-0.4, -0.2) is 45.4 Å². The predicted octanol–water partition coefficient (Wildman–Crippen LogP) is 6.31. The number of aliphatic imine (C=N–C) groups is 4. The molecule has 11 rings (SSSR count). The van der Waals surface area contributed by atoms with E-state index < -0.39 is 14.9 Å². The lowest BCUT2D eigenvalue weighted by Gasteiger charge is -2.20. The quantitative estimate of drug-likeness (QED) is 0.203. The number of aromatic nitrogens is 2. The van der Waals surface area contributed by atoms with Crippen LogP contribution in [0.3, 0.4) is 0 Å². The van der Waals surface area contributed by atoms with Crippen LogP contribution in [0.2, 0.25) is 0 Å². The molecule has 0 unspecified atom stereocenters. The Balaban J connectivity index is 1.41. The van der Waals surface area contributed by atoms with Gasteiger partial charge in [-0.05, 0) is 24.6 Å². The number of hydrogen-bond acceptors (Lipinski definition) is 7. The van der Waals surface area contributed by atoms with Crippen LogP contribution >= 0.6 is 0 Å². The molecule has 4 aliphatic heterocycles. The number of nitrogens with zero attached hydrogens (tertiary/aromatic N) is 8. The second-order valence-electron chi connectivity index (χ2n) is 12.4. The van der Waals surface area contributed by atoms with Crippen molar-refractivity contribution in [1.82, 2.24) is 7.10 Å². The maximum absolute atomic E-state index is 7.30. The molecule has 10 heteroatoms. The van der Waals surface area contributed by atoms with Crippen LogP contribution in [-0.2, 0) is 0 Å². The zero-order chi connectivity index (χ0) is 32.2. The summed E-state index contributed by atoms with van der Waals surface area (Å²) in [5.74, 6) is 4.62. The second-order valence-corrected chi connectivity index (χ2v) is 14.4. The molecular formula is C39H23AlN8O. The van der Waals surface area contributed by atoms with E-state index in [2.05, 4.69) is 74.7 Å². The number of benzene rings is 5. The van der Waals surface area contributed by atoms with Gasteiger partial charge >= 0.3 is 14.9 Å². The summed E-state index contributed by atoms with van der Waals surface area (Å²) in [7, 11) is 0. The van der Waals surface area contributed by atoms with Crippen LogP contribution in [0.15, 0.2) is 151 Å². The molecule has 9 nitrogen and oxygen atoms in total. The highest BCUT2D eigenvalue weighted by Crippen LogP contribution is 2.41. The molecular weight excluding hydrogens is 623 g/mol. The third-order valence-electron chi connectivity index (χ3n) is 9.49. The summed E-state index contributed by atoms with van der Waals surface area (Å²) >= 11 is -2.96. The van der Waals surface area contributed by atoms with Crippen LogP contribution in [0.5, 0.6) is 5.75 Å². The predicted molar refractivity (Wildman–Crippen MR) is 193 cm³/mol. The van der Waals surface area contributed by atoms with Crippen molar-refractivity contribution in [3.05, 3.63) is 160 Å². The van der Waals surface area contributed by atoms with Crippen LogP contribution < -0.4 is 14.8 Å². The van der Waals surface area contributed by atoms with Gasteiger partial charge in [-0.3, -0.25) is 0 Å². The molecule has 2 aromatic heterocycles. The second kappa shape index (κ2) is 9.90. The van der Waals surface area contributed by atoms with E-state index in [9.17, 15) is 0 Å². The molecule has 228 valence electrons. The van der Waals surface area contributed by atoms with Crippen molar-refractivity contribution >= 4 is 71.4 Å². The summed E-state index contributed by atoms with van der Waals surface area (Å²) in [5, 5.41) is 3.80. The lowest BCUT2D eigenvalue weighted by molar-refractivity contribution is 0.533. The highest BCUT2D eigenvalue weighted by Gasteiger charge is 2.45. The SMILES string of the molecule is Cc1cccc([O][Al]2[n]3c4c5ccccc5c3N=C3N=C(N=c5c6ccccc6c([n]52)=NC2=NC(=N4)c4ccccc42)c2ccccc23)c1. The maximum atomic E-state index is 7.30. The topological polar surface area (TPSA) is 93.2 Å². The Hall–Kier alpha value is -6.21. The molecule has 0 saturated carbocycles. The molecule has 0 spiro atoms. The Kier molecular flexibility index (Phi) is 5.42. The third-order valence-corrected chi connectivity index (χ3v) is 11.8. The molecule has 0 radical (unpaired) electrons. The van der Waals surface area contributed by atoms with Crippen molar-refractivity contribution in [3.8, 4) is 5.75 Å². The van der Waals surface area contributed by atoms with Crippen molar-refractivity contribution < 1.29 is 3.79 Å². The van der Waals surface area contributed by atoms with E-state index in [1.54, 1.807) is 0 Å². The van der Waals surface area contributed by atoms with Gasteiger partial charge in [0, 0.05) is 43.8 Å². The number of fused-ring (bicyclic) bond motifs is 14. The first-order chi connectivity index (χ1) is 24.2. The van der Waals surface area contributed by atoms with Gasteiger partial charge in [0.1, 0.15) is 22.6 Å². The number of amidine groups is 4. The zero-order valence-corrected chi connectivity index (χ0v) is 27.3. The van der Waals surface area contributed by atoms with E-state index in [4.69, 9.17) is 33.7 Å². The molecule has 0 atom stereocenters. The Labute approximate surface area is 284 Å². The molecule has 0 N–H and O–H groups in total. The van der Waals surface area contributed by atoms with Crippen LogP contribution in [0, 0.1) is 6.92 Å². The Bertz CT molecular complexity index is 2730. The molecule has 6 bridgehead atoms. The Morgan fingerprint density at radius 1 is 0.449 bits per heavy atom. The van der Waals surface area contributed by atoms with Crippen molar-refractivity contribution in [2.45, 2.75) is 6.92 Å². The van der Waals surface area contributed by atoms with Gasteiger partial charge in [0.05, 0.1) is 5.75 Å². The van der Waals surface area contributed by atoms with E-state index in [1.165, 1.54) is 0 Å². The van der Waals surface area contributed by atoms with Gasteiger partial charge in [-0.2, -0.15) is 0 Å². The summed E-state index contributed by atoms with van der Waals surface area (Å²) in [4.78, 5) is 31.7. The number of rotatable bonds is 2. The first kappa shape index (κ1) is 26.8. The largest absolute Gasteiger partial charge is 0.902 e. The van der Waals surface area contributed by atoms with Crippen LogP contribution in [0.25, 0.3) is 21.5 Å². The van der Waals surface area contributed by atoms with Crippen molar-refractivity contribution in [2.75, 3.05) is 0 Å². The summed E-state index contributed by atoms with van der Waals surface area (Å²) in [6.07, 6.45) is 0. The summed E-state index contributed by atoms with van der Waals surface area (Å²) in [6.45, 7) is 2.07. The summed E-state index contributed by atoms with van der Waals surface area (Å²) < 4.78 is 11.7. The van der Waals surface area contributed by atoms with Gasteiger partial charge in [-0.25, -0.2) is 30.0 Å². The lowest BCUT2D eigenvalue weighted by atomic mass is 10.1. The van der Waals surface area contributed by atoms with Gasteiger partial charge in [-0.1, -0.05) is 109 Å². The number of hydrogen-bond donors (Lipinski definition) is 0. The van der Waals surface area contributed by atoms with Crippen molar-refractivity contribution in [2.24, 2.45) is 30.0 Å². The fourth-order valence-corrected chi connectivity index (χ4v) is 9.76. The summed E-state index contributed by atoms with van der Waals surface area (Å²) in [5.41, 5.74) is 6.27. The summed E-state index contributed by atoms with van der Waals surface area (Å²) in [6, 6.07) is 41.1. The fourth-order valence-electron chi connectivity index (χ4n) is 7.30. The van der Waals surface area contributed by atoms with Crippen LogP contribution in [0.1, 0.15) is 27.8 Å². The normalized spacial score (nSPS) is 15.0. The van der Waals surface area contributed by atoms with Crippen molar-refractivity contribution in [1.29, 1.82) is 0 Å². The molecule has 0 fully saturated rings. The molecule has 49 heavy (non-hydrogen) atoms. The maximum Gasteiger partial charge on any atom is 0.902 e. The number of aryl methyl sites for hydroxylation is 1. The molecule has 4 aliphatic rings. The average molecular weight is 647 g/mol. The molecule has 7 aromatic rings. The lowest BCUT2D eigenvalue weighted by Crippen LogP contribution is -2.50. The highest BCUT2D eigenvalue weighted by atomic mass is 27.2. The van der Waals surface area contributed by atoms with Gasteiger partial charge < -0.3 is 10.9 Å². The molecule has 5 aromatic carbocycles. The van der Waals surface area contributed by atoms with E-state index in [1.807, 2.05) is 60.7 Å². The Morgan fingerprint density at radius 3 is 1.39 bits per heavy atom. The zero-order valence-electron chi connectivity index (χ0n) is 26.1. The minimum Gasteiger partial charge on any atom is -0.609 e. The van der Waals surface area contributed by atoms with E-state index in [0.29, 0.717) is 23.3 Å². The fraction of sp³-hybridized carbons (Fsp3) is 0.0256. The van der Waals surface area contributed by atoms with E-state index in [-0.39, 0.29) is 0 Å². The Morgan fingerprint density at radius 2 is 0.898 bits per heavy atom. The van der Waals surface area contributed by atoms with Gasteiger partial charge in [0.15, 0.2) is 23.3 Å². The van der Waals surface area contributed by atoms with Crippen LogP contribution in [0.4, 0.5) is 11.6 Å². The minimum absolute atomic E-state index is 0.606. The highest BCUT2D eigenvalue weighted by molar-refractivity contribution is 6.52. The first-order valence-electron chi connectivity index (χ1n) is 16.2. The average Bonchev–Trinajstić information content (AvgIpc) is 3.84. The molecule has 0 saturated heterocycles. The molecule has 0 amide bonds. The van der Waals surface area contributed by atoms with Gasteiger partial charge in [0.2, 0.25) is 0 Å². The monoisotopic (exact) mass is 646 g/mol. The third kappa shape index (κ3) is 3.81. The minimum atomic E-state index is -2.96. The molecule has 6 heterocycles.